The van der Waals surface area contributed by atoms with Crippen molar-refractivity contribution in [2.45, 2.75) is 12.6 Å². The molecule has 3 aromatic rings. The fraction of sp³-hybridized carbons (Fsp3) is 0.118. The van der Waals surface area contributed by atoms with E-state index in [2.05, 4.69) is 26.2 Å². The van der Waals surface area contributed by atoms with Crippen LogP contribution in [-0.4, -0.2) is 26.4 Å². The van der Waals surface area contributed by atoms with E-state index < -0.39 is 23.6 Å². The Morgan fingerprint density at radius 1 is 1.25 bits per heavy atom. The first-order chi connectivity index (χ1) is 13.0. The molecule has 0 saturated heterocycles. The summed E-state index contributed by atoms with van der Waals surface area (Å²) in [6.45, 7) is 0. The van der Waals surface area contributed by atoms with E-state index in [0.717, 1.165) is 16.7 Å². The number of benzene rings is 1. The lowest BCUT2D eigenvalue weighted by molar-refractivity contribution is -0.137. The third-order valence-corrected chi connectivity index (χ3v) is 4.48. The van der Waals surface area contributed by atoms with Crippen molar-refractivity contribution in [3.63, 3.8) is 0 Å². The molecule has 1 amide bonds. The van der Waals surface area contributed by atoms with E-state index in [1.165, 1.54) is 18.3 Å². The number of halogens is 5. The predicted molar refractivity (Wildman–Crippen MR) is 98.6 cm³/mol. The minimum absolute atomic E-state index is 0.0762. The second-order valence-corrected chi connectivity index (χ2v) is 7.08. The summed E-state index contributed by atoms with van der Waals surface area (Å²) in [4.78, 5) is 27.6. The minimum atomic E-state index is -4.57. The first-order valence-corrected chi connectivity index (χ1v) is 8.78. The zero-order valence-electron chi connectivity index (χ0n) is 13.7. The number of carboxylic acids is 1. The number of fused-ring (bicyclic) bond motifs is 1. The molecule has 3 rings (SSSR count). The number of rotatable bonds is 4. The number of amides is 1. The van der Waals surface area contributed by atoms with Gasteiger partial charge in [0.2, 0.25) is 5.91 Å². The van der Waals surface area contributed by atoms with E-state index in [1.807, 2.05) is 0 Å². The number of nitrogens with zero attached hydrogens (tertiary/aromatic N) is 2. The summed E-state index contributed by atoms with van der Waals surface area (Å²) in [6.07, 6.45) is -2.77. The van der Waals surface area contributed by atoms with Gasteiger partial charge in [0.05, 0.1) is 34.0 Å². The molecule has 0 aliphatic heterocycles. The third-order valence-electron chi connectivity index (χ3n) is 3.71. The Morgan fingerprint density at radius 2 is 1.96 bits per heavy atom. The summed E-state index contributed by atoms with van der Waals surface area (Å²) >= 11 is 9.01. The Kier molecular flexibility index (Phi) is 5.35. The molecule has 0 spiro atoms. The number of nitrogens with one attached hydrogen (secondary N) is 1. The zero-order valence-corrected chi connectivity index (χ0v) is 16.1. The fourth-order valence-corrected chi connectivity index (χ4v) is 3.13. The molecule has 11 heteroatoms. The monoisotopic (exact) mass is 475 g/mol. The number of pyridine rings is 1. The largest absolute Gasteiger partial charge is 0.478 e. The molecule has 0 radical (unpaired) electrons. The van der Waals surface area contributed by atoms with E-state index in [1.54, 1.807) is 6.07 Å². The van der Waals surface area contributed by atoms with Gasteiger partial charge >= 0.3 is 12.1 Å². The predicted octanol–water partition coefficient (Wildman–Crippen LogP) is 4.65. The second kappa shape index (κ2) is 7.44. The van der Waals surface area contributed by atoms with Crippen molar-refractivity contribution in [1.82, 2.24) is 9.38 Å². The molecule has 0 saturated carbocycles. The van der Waals surface area contributed by atoms with Crippen LogP contribution in [-0.2, 0) is 17.4 Å². The van der Waals surface area contributed by atoms with Crippen molar-refractivity contribution >= 4 is 50.7 Å². The number of anilines is 1. The van der Waals surface area contributed by atoms with Crippen LogP contribution in [0, 0.1) is 0 Å². The lowest BCUT2D eigenvalue weighted by Crippen LogP contribution is -2.17. The maximum atomic E-state index is 12.9. The number of aromatic nitrogens is 2. The van der Waals surface area contributed by atoms with Crippen molar-refractivity contribution in [1.29, 1.82) is 0 Å². The van der Waals surface area contributed by atoms with Gasteiger partial charge in [-0.15, -0.1) is 0 Å². The molecule has 0 aliphatic carbocycles. The number of aromatic carboxylic acids is 1. The molecule has 0 atom stereocenters. The SMILES string of the molecule is O=C(Cc1cn2cc(C(F)(F)F)cc(Cl)c2n1)Nc1ccc(Br)cc1C(=O)O. The van der Waals surface area contributed by atoms with Gasteiger partial charge in [-0.2, -0.15) is 13.2 Å². The van der Waals surface area contributed by atoms with Gasteiger partial charge < -0.3 is 14.8 Å². The topological polar surface area (TPSA) is 83.7 Å². The van der Waals surface area contributed by atoms with E-state index >= 15 is 0 Å². The fourth-order valence-electron chi connectivity index (χ4n) is 2.51. The average Bonchev–Trinajstić information content (AvgIpc) is 2.98. The number of hydrogen-bond donors (Lipinski definition) is 2. The highest BCUT2D eigenvalue weighted by molar-refractivity contribution is 9.10. The standard InChI is InChI=1S/C17H10BrClF3N3O3/c18-9-1-2-13(11(4-9)16(27)28)24-14(26)5-10-7-25-6-8(17(20,21)22)3-12(19)15(25)23-10/h1-4,6-7H,5H2,(H,24,26)(H,27,28). The number of imidazole rings is 1. The molecule has 0 bridgehead atoms. The molecular weight excluding hydrogens is 467 g/mol. The molecule has 0 fully saturated rings. The number of carbonyl (C=O) groups is 2. The van der Waals surface area contributed by atoms with Gasteiger partial charge in [-0.1, -0.05) is 27.5 Å². The molecule has 2 aromatic heterocycles. The van der Waals surface area contributed by atoms with Crippen LogP contribution in [0.25, 0.3) is 5.65 Å². The van der Waals surface area contributed by atoms with Crippen LogP contribution in [0.15, 0.2) is 41.1 Å². The first kappa shape index (κ1) is 20.2. The average molecular weight is 477 g/mol. The maximum Gasteiger partial charge on any atom is 0.417 e. The summed E-state index contributed by atoms with van der Waals surface area (Å²) in [5.41, 5.74) is -0.725. The van der Waals surface area contributed by atoms with E-state index in [0.29, 0.717) is 4.47 Å². The molecule has 0 aliphatic rings. The lowest BCUT2D eigenvalue weighted by Gasteiger charge is -2.08. The van der Waals surface area contributed by atoms with E-state index in [9.17, 15) is 27.9 Å². The van der Waals surface area contributed by atoms with Crippen molar-refractivity contribution in [2.75, 3.05) is 5.32 Å². The Balaban J connectivity index is 1.84. The maximum absolute atomic E-state index is 12.9. The van der Waals surface area contributed by atoms with E-state index in [-0.39, 0.29) is 34.0 Å². The van der Waals surface area contributed by atoms with Gasteiger partial charge in [0.15, 0.2) is 5.65 Å². The Bertz CT molecular complexity index is 1100. The summed E-state index contributed by atoms with van der Waals surface area (Å²) < 4.78 is 40.3. The number of hydrogen-bond acceptors (Lipinski definition) is 3. The molecule has 28 heavy (non-hydrogen) atoms. The molecule has 6 nitrogen and oxygen atoms in total. The first-order valence-electron chi connectivity index (χ1n) is 7.61. The van der Waals surface area contributed by atoms with Gasteiger partial charge in [0.1, 0.15) is 0 Å². The Hall–Kier alpha value is -2.59. The van der Waals surface area contributed by atoms with Gasteiger partial charge in [0, 0.05) is 16.9 Å². The van der Waals surface area contributed by atoms with Crippen LogP contribution in [0.2, 0.25) is 5.02 Å². The minimum Gasteiger partial charge on any atom is -0.478 e. The van der Waals surface area contributed by atoms with Gasteiger partial charge in [-0.05, 0) is 24.3 Å². The summed E-state index contributed by atoms with van der Waals surface area (Å²) in [6, 6.07) is 5.07. The van der Waals surface area contributed by atoms with E-state index in [4.69, 9.17) is 11.6 Å². The van der Waals surface area contributed by atoms with Crippen LogP contribution in [0.5, 0.6) is 0 Å². The highest BCUT2D eigenvalue weighted by Crippen LogP contribution is 2.32. The van der Waals surface area contributed by atoms with Crippen LogP contribution >= 0.6 is 27.5 Å². The Morgan fingerprint density at radius 3 is 2.61 bits per heavy atom. The van der Waals surface area contributed by atoms with Crippen molar-refractivity contribution in [3.05, 3.63) is 63.0 Å². The molecule has 0 unspecified atom stereocenters. The van der Waals surface area contributed by atoms with Gasteiger partial charge in [-0.3, -0.25) is 4.79 Å². The van der Waals surface area contributed by atoms with Crippen LogP contribution in [0.3, 0.4) is 0 Å². The van der Waals surface area contributed by atoms with Crippen LogP contribution in [0.4, 0.5) is 18.9 Å². The summed E-state index contributed by atoms with van der Waals surface area (Å²) in [7, 11) is 0. The third kappa shape index (κ3) is 4.28. The molecule has 2 N–H and O–H groups in total. The molecule has 1 aromatic carbocycles. The van der Waals surface area contributed by atoms with Crippen molar-refractivity contribution in [2.24, 2.45) is 0 Å². The molecular formula is C17H10BrClF3N3O3. The quantitative estimate of drug-likeness (QED) is 0.574. The van der Waals surface area contributed by atoms with Crippen LogP contribution in [0.1, 0.15) is 21.6 Å². The number of carboxylic acid groups (broad SMARTS) is 1. The highest BCUT2D eigenvalue weighted by atomic mass is 79.9. The normalized spacial score (nSPS) is 11.6. The van der Waals surface area contributed by atoms with Gasteiger partial charge in [-0.25, -0.2) is 9.78 Å². The van der Waals surface area contributed by atoms with Crippen molar-refractivity contribution in [3.8, 4) is 0 Å². The highest BCUT2D eigenvalue weighted by Gasteiger charge is 2.32. The summed E-state index contributed by atoms with van der Waals surface area (Å²) in [5.74, 6) is -1.81. The molecule has 146 valence electrons. The Labute approximate surface area is 169 Å². The lowest BCUT2D eigenvalue weighted by atomic mass is 10.1. The molecule has 2 heterocycles. The van der Waals surface area contributed by atoms with Crippen LogP contribution < -0.4 is 5.32 Å². The number of alkyl halides is 3. The number of carbonyl (C=O) groups excluding carboxylic acids is 1. The smallest absolute Gasteiger partial charge is 0.417 e. The second-order valence-electron chi connectivity index (χ2n) is 5.76. The summed E-state index contributed by atoms with van der Waals surface area (Å²) in [5, 5.41) is 11.5. The van der Waals surface area contributed by atoms with Gasteiger partial charge in [0.25, 0.3) is 0 Å². The zero-order chi connectivity index (χ0) is 20.6. The van der Waals surface area contributed by atoms with Crippen molar-refractivity contribution < 1.29 is 27.9 Å².